The molecule has 1 heterocycles. The summed E-state index contributed by atoms with van der Waals surface area (Å²) in [5, 5.41) is 3.89. The van der Waals surface area contributed by atoms with E-state index in [1.165, 1.54) is 35.1 Å². The van der Waals surface area contributed by atoms with Gasteiger partial charge in [0.05, 0.1) is 12.2 Å². The van der Waals surface area contributed by atoms with Gasteiger partial charge in [-0.15, -0.1) is 13.2 Å². The molecule has 1 amide bonds. The van der Waals surface area contributed by atoms with E-state index in [1.54, 1.807) is 0 Å². The van der Waals surface area contributed by atoms with E-state index < -0.39 is 12.3 Å². The fourth-order valence-corrected chi connectivity index (χ4v) is 1.69. The molecule has 0 atom stereocenters. The van der Waals surface area contributed by atoms with Gasteiger partial charge in [0.15, 0.2) is 5.69 Å². The van der Waals surface area contributed by atoms with Crippen molar-refractivity contribution in [3.8, 4) is 5.75 Å². The third-order valence-corrected chi connectivity index (χ3v) is 2.52. The van der Waals surface area contributed by atoms with Gasteiger partial charge < -0.3 is 16.2 Å². The predicted octanol–water partition coefficient (Wildman–Crippen LogP) is 1.51. The number of rotatable bonds is 4. The first-order valence-electron chi connectivity index (χ1n) is 5.72. The highest BCUT2D eigenvalue weighted by Gasteiger charge is 2.30. The van der Waals surface area contributed by atoms with Crippen molar-refractivity contribution in [3.63, 3.8) is 0 Å². The molecular weight excluding hydrogens is 289 g/mol. The maximum atomic E-state index is 12.0. The summed E-state index contributed by atoms with van der Waals surface area (Å²) in [7, 11) is 0. The second-order valence-corrected chi connectivity index (χ2v) is 4.19. The van der Waals surface area contributed by atoms with E-state index in [4.69, 9.17) is 11.5 Å². The van der Waals surface area contributed by atoms with E-state index in [-0.39, 0.29) is 23.7 Å². The Labute approximate surface area is 117 Å². The zero-order valence-electron chi connectivity index (χ0n) is 10.6. The smallest absolute Gasteiger partial charge is 0.406 e. The average molecular weight is 300 g/mol. The quantitative estimate of drug-likeness (QED) is 0.894. The summed E-state index contributed by atoms with van der Waals surface area (Å²) in [6, 6.07) is 5.27. The number of aromatic nitrogens is 2. The van der Waals surface area contributed by atoms with Crippen molar-refractivity contribution in [2.24, 2.45) is 5.73 Å². The first-order valence-corrected chi connectivity index (χ1v) is 5.72. The summed E-state index contributed by atoms with van der Waals surface area (Å²) in [4.78, 5) is 11.0. The van der Waals surface area contributed by atoms with Gasteiger partial charge in [-0.25, -0.2) is 0 Å². The molecule has 2 rings (SSSR count). The molecule has 0 fully saturated rings. The van der Waals surface area contributed by atoms with Crippen molar-refractivity contribution in [1.82, 2.24) is 9.78 Å². The molecule has 0 bridgehead atoms. The number of carbonyl (C=O) groups excluding carboxylic acids is 1. The Hall–Kier alpha value is -2.71. The third kappa shape index (κ3) is 3.88. The number of hydrogen-bond donors (Lipinski definition) is 2. The minimum Gasteiger partial charge on any atom is -0.406 e. The SMILES string of the molecule is NC(=O)c1nn(Cc2ccc(OC(F)(F)F)cc2)cc1N. The molecule has 0 aliphatic carbocycles. The number of halogens is 3. The van der Waals surface area contributed by atoms with E-state index in [0.717, 1.165) is 0 Å². The van der Waals surface area contributed by atoms with Crippen LogP contribution in [0.25, 0.3) is 0 Å². The van der Waals surface area contributed by atoms with E-state index in [2.05, 4.69) is 9.84 Å². The first kappa shape index (κ1) is 14.7. The Morgan fingerprint density at radius 1 is 1.29 bits per heavy atom. The fraction of sp³-hybridized carbons (Fsp3) is 0.167. The molecule has 0 radical (unpaired) electrons. The van der Waals surface area contributed by atoms with Crippen LogP contribution in [0.3, 0.4) is 0 Å². The molecule has 0 spiro atoms. The summed E-state index contributed by atoms with van der Waals surface area (Å²) in [5.41, 5.74) is 11.4. The molecule has 1 aromatic heterocycles. The highest BCUT2D eigenvalue weighted by Crippen LogP contribution is 2.23. The fourth-order valence-electron chi connectivity index (χ4n) is 1.69. The summed E-state index contributed by atoms with van der Waals surface area (Å²) in [5.74, 6) is -1.07. The summed E-state index contributed by atoms with van der Waals surface area (Å²) in [6.07, 6.45) is -3.31. The minimum atomic E-state index is -4.73. The highest BCUT2D eigenvalue weighted by molar-refractivity contribution is 5.95. The Morgan fingerprint density at radius 3 is 2.38 bits per heavy atom. The van der Waals surface area contributed by atoms with Crippen LogP contribution in [0.4, 0.5) is 18.9 Å². The van der Waals surface area contributed by atoms with E-state index in [1.807, 2.05) is 0 Å². The topological polar surface area (TPSA) is 96.2 Å². The van der Waals surface area contributed by atoms with Crippen molar-refractivity contribution in [1.29, 1.82) is 0 Å². The standard InChI is InChI=1S/C12H11F3N4O2/c13-12(14,15)21-8-3-1-7(2-4-8)5-19-6-9(16)10(18-19)11(17)20/h1-4,6H,5,16H2,(H2,17,20). The molecule has 2 aromatic rings. The molecule has 0 unspecified atom stereocenters. The summed E-state index contributed by atoms with van der Waals surface area (Å²) >= 11 is 0. The molecule has 112 valence electrons. The lowest BCUT2D eigenvalue weighted by molar-refractivity contribution is -0.274. The van der Waals surface area contributed by atoms with Gasteiger partial charge in [-0.05, 0) is 17.7 Å². The average Bonchev–Trinajstić information content (AvgIpc) is 2.71. The van der Waals surface area contributed by atoms with Gasteiger partial charge in [0, 0.05) is 6.20 Å². The molecule has 0 saturated heterocycles. The number of alkyl halides is 3. The van der Waals surface area contributed by atoms with Gasteiger partial charge in [0.2, 0.25) is 0 Å². The predicted molar refractivity (Wildman–Crippen MR) is 67.4 cm³/mol. The van der Waals surface area contributed by atoms with Gasteiger partial charge in [-0.1, -0.05) is 12.1 Å². The van der Waals surface area contributed by atoms with Gasteiger partial charge in [-0.2, -0.15) is 5.10 Å². The highest BCUT2D eigenvalue weighted by atomic mass is 19.4. The third-order valence-electron chi connectivity index (χ3n) is 2.52. The van der Waals surface area contributed by atoms with Crippen LogP contribution in [-0.2, 0) is 6.54 Å². The number of benzene rings is 1. The lowest BCUT2D eigenvalue weighted by Crippen LogP contribution is -2.17. The van der Waals surface area contributed by atoms with Crippen molar-refractivity contribution < 1.29 is 22.7 Å². The van der Waals surface area contributed by atoms with Crippen LogP contribution < -0.4 is 16.2 Å². The summed E-state index contributed by atoms with van der Waals surface area (Å²) in [6.45, 7) is 0.226. The number of amides is 1. The Bertz CT molecular complexity index is 650. The zero-order valence-corrected chi connectivity index (χ0v) is 10.6. The van der Waals surface area contributed by atoms with E-state index in [9.17, 15) is 18.0 Å². The number of nitrogen functional groups attached to an aromatic ring is 1. The molecule has 0 saturated carbocycles. The van der Waals surface area contributed by atoms with Crippen LogP contribution >= 0.6 is 0 Å². The van der Waals surface area contributed by atoms with Crippen molar-refractivity contribution in [2.45, 2.75) is 12.9 Å². The maximum absolute atomic E-state index is 12.0. The van der Waals surface area contributed by atoms with Crippen molar-refractivity contribution in [2.75, 3.05) is 5.73 Å². The number of nitrogens with two attached hydrogens (primary N) is 2. The molecular formula is C12H11F3N4O2. The van der Waals surface area contributed by atoms with Gasteiger partial charge in [0.1, 0.15) is 5.75 Å². The largest absolute Gasteiger partial charge is 0.573 e. The molecule has 0 aliphatic heterocycles. The lowest BCUT2D eigenvalue weighted by Gasteiger charge is -2.09. The number of ether oxygens (including phenoxy) is 1. The van der Waals surface area contributed by atoms with Crippen LogP contribution in [-0.4, -0.2) is 22.1 Å². The second-order valence-electron chi connectivity index (χ2n) is 4.19. The van der Waals surface area contributed by atoms with Crippen molar-refractivity contribution in [3.05, 3.63) is 41.7 Å². The second kappa shape index (κ2) is 5.35. The molecule has 9 heteroatoms. The van der Waals surface area contributed by atoms with Crippen LogP contribution in [0.5, 0.6) is 5.75 Å². The van der Waals surface area contributed by atoms with Gasteiger partial charge >= 0.3 is 6.36 Å². The zero-order chi connectivity index (χ0) is 15.6. The minimum absolute atomic E-state index is 0.0491. The van der Waals surface area contributed by atoms with Gasteiger partial charge in [0.25, 0.3) is 5.91 Å². The monoisotopic (exact) mass is 300 g/mol. The van der Waals surface area contributed by atoms with Crippen LogP contribution in [0.15, 0.2) is 30.5 Å². The van der Waals surface area contributed by atoms with Gasteiger partial charge in [-0.3, -0.25) is 9.48 Å². The lowest BCUT2D eigenvalue weighted by atomic mass is 10.2. The maximum Gasteiger partial charge on any atom is 0.573 e. The Kier molecular flexibility index (Phi) is 3.74. The number of nitrogens with zero attached hydrogens (tertiary/aromatic N) is 2. The normalized spacial score (nSPS) is 11.4. The molecule has 1 aromatic carbocycles. The Balaban J connectivity index is 2.10. The molecule has 6 nitrogen and oxygen atoms in total. The molecule has 21 heavy (non-hydrogen) atoms. The molecule has 0 aliphatic rings. The number of primary amides is 1. The van der Waals surface area contributed by atoms with Crippen LogP contribution in [0.1, 0.15) is 16.1 Å². The first-order chi connectivity index (χ1) is 9.74. The Morgan fingerprint density at radius 2 is 1.90 bits per heavy atom. The van der Waals surface area contributed by atoms with Crippen LogP contribution in [0.2, 0.25) is 0 Å². The summed E-state index contributed by atoms with van der Waals surface area (Å²) < 4.78 is 41.2. The van der Waals surface area contributed by atoms with E-state index in [0.29, 0.717) is 5.56 Å². The molecule has 4 N–H and O–H groups in total. The van der Waals surface area contributed by atoms with E-state index >= 15 is 0 Å². The van der Waals surface area contributed by atoms with Crippen LogP contribution in [0, 0.1) is 0 Å². The van der Waals surface area contributed by atoms with Crippen molar-refractivity contribution >= 4 is 11.6 Å². The number of anilines is 1. The number of hydrogen-bond acceptors (Lipinski definition) is 4. The number of carbonyl (C=O) groups is 1.